The quantitative estimate of drug-likeness (QED) is 0.740. The van der Waals surface area contributed by atoms with Crippen LogP contribution in [0.25, 0.3) is 0 Å². The Bertz CT molecular complexity index is 388. The summed E-state index contributed by atoms with van der Waals surface area (Å²) in [6.45, 7) is 4.41. The van der Waals surface area contributed by atoms with E-state index in [0.29, 0.717) is 18.5 Å². The maximum Gasteiger partial charge on any atom is 0.331 e. The Hall–Kier alpha value is -1.68. The smallest absolute Gasteiger partial charge is 0.331 e. The molecule has 0 unspecified atom stereocenters. The summed E-state index contributed by atoms with van der Waals surface area (Å²) in [5.41, 5.74) is 1.53. The molecule has 1 aromatic rings. The van der Waals surface area contributed by atoms with Crippen LogP contribution in [0.3, 0.4) is 0 Å². The fraction of sp³-hybridized carbons (Fsp3) is 0.385. The molecule has 0 spiro atoms. The van der Waals surface area contributed by atoms with E-state index in [1.54, 1.807) is 18.5 Å². The van der Waals surface area contributed by atoms with Gasteiger partial charge in [0.1, 0.15) is 0 Å². The molecule has 4 heteroatoms. The number of nitrogens with zero attached hydrogens (tertiary/aromatic N) is 1. The van der Waals surface area contributed by atoms with Gasteiger partial charge in [-0.1, -0.05) is 19.1 Å². The first kappa shape index (κ1) is 13.4. The second kappa shape index (κ2) is 6.81. The van der Waals surface area contributed by atoms with Gasteiger partial charge >= 0.3 is 5.97 Å². The van der Waals surface area contributed by atoms with E-state index in [9.17, 15) is 4.79 Å². The molecule has 0 radical (unpaired) electrons. The lowest BCUT2D eigenvalue weighted by Crippen LogP contribution is -2.19. The average Bonchev–Trinajstić information content (AvgIpc) is 2.35. The zero-order valence-electron chi connectivity index (χ0n) is 10.2. The van der Waals surface area contributed by atoms with Gasteiger partial charge in [-0.05, 0) is 25.0 Å². The van der Waals surface area contributed by atoms with E-state index < -0.39 is 5.97 Å². The van der Waals surface area contributed by atoms with Gasteiger partial charge in [0, 0.05) is 30.6 Å². The Morgan fingerprint density at radius 3 is 2.94 bits per heavy atom. The summed E-state index contributed by atoms with van der Waals surface area (Å²) < 4.78 is 0. The molecule has 4 nitrogen and oxygen atoms in total. The van der Waals surface area contributed by atoms with Crippen molar-refractivity contribution in [3.63, 3.8) is 0 Å². The predicted octanol–water partition coefficient (Wildman–Crippen LogP) is 2.15. The molecule has 1 rings (SSSR count). The van der Waals surface area contributed by atoms with Gasteiger partial charge in [-0.15, -0.1) is 0 Å². The molecule has 0 fully saturated rings. The second-order valence-corrected chi connectivity index (χ2v) is 3.80. The highest BCUT2D eigenvalue weighted by atomic mass is 16.4. The van der Waals surface area contributed by atoms with Crippen molar-refractivity contribution in [3.8, 4) is 0 Å². The Morgan fingerprint density at radius 1 is 1.65 bits per heavy atom. The molecule has 0 bridgehead atoms. The summed E-state index contributed by atoms with van der Waals surface area (Å²) in [5.74, 6) is -0.844. The van der Waals surface area contributed by atoms with E-state index in [1.807, 2.05) is 26.0 Å². The highest BCUT2D eigenvalue weighted by molar-refractivity contribution is 5.86. The molecule has 1 heterocycles. The van der Waals surface area contributed by atoms with Crippen LogP contribution in [-0.4, -0.2) is 22.6 Å². The first-order valence-electron chi connectivity index (χ1n) is 5.70. The molecule has 92 valence electrons. The molecule has 0 aliphatic rings. The number of hydrogen-bond donors (Lipinski definition) is 2. The zero-order valence-corrected chi connectivity index (χ0v) is 10.2. The van der Waals surface area contributed by atoms with Crippen molar-refractivity contribution in [1.29, 1.82) is 0 Å². The molecule has 0 aliphatic carbocycles. The number of rotatable bonds is 6. The number of aliphatic carboxylic acids is 1. The third-order valence-corrected chi connectivity index (χ3v) is 2.61. The normalized spacial score (nSPS) is 13.4. The molecular weight excluding hydrogens is 216 g/mol. The van der Waals surface area contributed by atoms with Gasteiger partial charge < -0.3 is 10.4 Å². The number of hydrogen-bond acceptors (Lipinski definition) is 3. The number of carboxylic acids is 1. The van der Waals surface area contributed by atoms with Gasteiger partial charge in [-0.3, -0.25) is 4.98 Å². The highest BCUT2D eigenvalue weighted by Crippen LogP contribution is 2.09. The van der Waals surface area contributed by atoms with E-state index in [4.69, 9.17) is 5.11 Å². The van der Waals surface area contributed by atoms with Crippen LogP contribution in [0, 0.1) is 0 Å². The largest absolute Gasteiger partial charge is 0.478 e. The highest BCUT2D eigenvalue weighted by Gasteiger charge is 2.05. The molecule has 17 heavy (non-hydrogen) atoms. The number of carbonyl (C=O) groups is 1. The van der Waals surface area contributed by atoms with E-state index in [2.05, 4.69) is 10.3 Å². The summed E-state index contributed by atoms with van der Waals surface area (Å²) in [6.07, 6.45) is 5.79. The van der Waals surface area contributed by atoms with E-state index in [0.717, 1.165) is 5.56 Å². The Labute approximate surface area is 101 Å². The van der Waals surface area contributed by atoms with Crippen molar-refractivity contribution in [2.75, 3.05) is 6.54 Å². The molecule has 0 amide bonds. The van der Waals surface area contributed by atoms with Gasteiger partial charge in [0.2, 0.25) is 0 Å². The monoisotopic (exact) mass is 234 g/mol. The number of carboxylic acid groups (broad SMARTS) is 1. The number of pyridine rings is 1. The zero-order chi connectivity index (χ0) is 12.7. The maximum atomic E-state index is 10.8. The summed E-state index contributed by atoms with van der Waals surface area (Å²) in [7, 11) is 0. The van der Waals surface area contributed by atoms with Crippen LogP contribution in [0.5, 0.6) is 0 Å². The van der Waals surface area contributed by atoms with E-state index >= 15 is 0 Å². The third-order valence-electron chi connectivity index (χ3n) is 2.61. The van der Waals surface area contributed by atoms with Crippen LogP contribution < -0.4 is 5.32 Å². The lowest BCUT2D eigenvalue weighted by molar-refractivity contribution is -0.132. The van der Waals surface area contributed by atoms with Crippen LogP contribution in [-0.2, 0) is 4.79 Å². The van der Waals surface area contributed by atoms with Crippen molar-refractivity contribution in [2.45, 2.75) is 26.3 Å². The van der Waals surface area contributed by atoms with Crippen molar-refractivity contribution in [2.24, 2.45) is 0 Å². The van der Waals surface area contributed by atoms with Crippen molar-refractivity contribution in [3.05, 3.63) is 41.7 Å². The fourth-order valence-corrected chi connectivity index (χ4v) is 1.49. The van der Waals surface area contributed by atoms with Crippen LogP contribution in [0.2, 0.25) is 0 Å². The van der Waals surface area contributed by atoms with Crippen molar-refractivity contribution >= 4 is 5.97 Å². The predicted molar refractivity (Wildman–Crippen MR) is 66.7 cm³/mol. The van der Waals surface area contributed by atoms with Crippen LogP contribution in [0.15, 0.2) is 36.2 Å². The van der Waals surface area contributed by atoms with Gasteiger partial charge in [0.15, 0.2) is 0 Å². The molecule has 0 aromatic carbocycles. The molecule has 1 atom stereocenters. The first-order valence-corrected chi connectivity index (χ1v) is 5.70. The van der Waals surface area contributed by atoms with E-state index in [1.165, 1.54) is 0 Å². The average molecular weight is 234 g/mol. The van der Waals surface area contributed by atoms with Gasteiger partial charge in [-0.2, -0.15) is 0 Å². The summed E-state index contributed by atoms with van der Waals surface area (Å²) in [6, 6.07) is 4.04. The summed E-state index contributed by atoms with van der Waals surface area (Å²) in [4.78, 5) is 14.8. The Balaban J connectivity index is 2.49. The Morgan fingerprint density at radius 2 is 2.41 bits per heavy atom. The minimum atomic E-state index is -0.844. The van der Waals surface area contributed by atoms with Crippen molar-refractivity contribution < 1.29 is 9.90 Å². The molecule has 2 N–H and O–H groups in total. The topological polar surface area (TPSA) is 62.2 Å². The van der Waals surface area contributed by atoms with Gasteiger partial charge in [-0.25, -0.2) is 4.79 Å². The van der Waals surface area contributed by atoms with Gasteiger partial charge in [0.05, 0.1) is 0 Å². The molecular formula is C13H18N2O2. The standard InChI is InChI=1S/C13H18N2O2/c1-3-11(13(16)17)6-8-15-10(2)12-5-4-7-14-9-12/h4-7,9-10,15H,3,8H2,1-2H3,(H,16,17)/b11-6-/t10-/m1/s1. The lowest BCUT2D eigenvalue weighted by atomic mass is 10.1. The summed E-state index contributed by atoms with van der Waals surface area (Å²) >= 11 is 0. The van der Waals surface area contributed by atoms with Crippen LogP contribution in [0.1, 0.15) is 31.9 Å². The van der Waals surface area contributed by atoms with E-state index in [-0.39, 0.29) is 6.04 Å². The van der Waals surface area contributed by atoms with Crippen LogP contribution in [0.4, 0.5) is 0 Å². The van der Waals surface area contributed by atoms with Crippen molar-refractivity contribution in [1.82, 2.24) is 10.3 Å². The molecule has 0 saturated carbocycles. The fourth-order valence-electron chi connectivity index (χ4n) is 1.49. The summed E-state index contributed by atoms with van der Waals surface area (Å²) in [5, 5.41) is 12.1. The number of aromatic nitrogens is 1. The first-order chi connectivity index (χ1) is 8.15. The SMILES string of the molecule is CC/C(=C/CN[C@H](C)c1cccnc1)C(=O)O. The maximum absolute atomic E-state index is 10.8. The number of nitrogens with one attached hydrogen (secondary N) is 1. The molecule has 0 aliphatic heterocycles. The minimum absolute atomic E-state index is 0.159. The minimum Gasteiger partial charge on any atom is -0.478 e. The Kier molecular flexibility index (Phi) is 5.36. The molecule has 1 aromatic heterocycles. The second-order valence-electron chi connectivity index (χ2n) is 3.80. The third kappa shape index (κ3) is 4.36. The van der Waals surface area contributed by atoms with Crippen LogP contribution >= 0.6 is 0 Å². The lowest BCUT2D eigenvalue weighted by Gasteiger charge is -2.12. The molecule has 0 saturated heterocycles. The van der Waals surface area contributed by atoms with Gasteiger partial charge in [0.25, 0.3) is 0 Å².